The van der Waals surface area contributed by atoms with E-state index in [-0.39, 0.29) is 11.9 Å². The smallest absolute Gasteiger partial charge is 0.323 e. The average Bonchev–Trinajstić information content (AvgIpc) is 2.82. The Hall–Kier alpha value is -3.22. The van der Waals surface area contributed by atoms with Gasteiger partial charge in [0.25, 0.3) is 0 Å². The van der Waals surface area contributed by atoms with E-state index < -0.39 is 0 Å². The number of rotatable bonds is 5. The van der Waals surface area contributed by atoms with E-state index in [1.807, 2.05) is 54.3 Å². The van der Waals surface area contributed by atoms with Gasteiger partial charge in [-0.3, -0.25) is 4.79 Å². The van der Waals surface area contributed by atoms with Crippen LogP contribution in [0.15, 0.2) is 66.7 Å². The van der Waals surface area contributed by atoms with Crippen LogP contribution in [0.25, 0.3) is 0 Å². The van der Waals surface area contributed by atoms with Gasteiger partial charge < -0.3 is 20.4 Å². The minimum atomic E-state index is -0.369. The van der Waals surface area contributed by atoms with Crippen molar-refractivity contribution in [1.29, 1.82) is 0 Å². The second-order valence-electron chi connectivity index (χ2n) is 8.29. The molecule has 1 heterocycles. The quantitative estimate of drug-likeness (QED) is 0.466. The van der Waals surface area contributed by atoms with Crippen LogP contribution in [0.5, 0.6) is 0 Å². The lowest BCUT2D eigenvalue weighted by Gasteiger charge is -2.36. The largest absolute Gasteiger partial charge is 0.368 e. The van der Waals surface area contributed by atoms with Crippen molar-refractivity contribution < 1.29 is 9.59 Å². The van der Waals surface area contributed by atoms with Gasteiger partial charge in [0.1, 0.15) is 0 Å². The van der Waals surface area contributed by atoms with Crippen LogP contribution in [0.2, 0.25) is 10.0 Å². The maximum Gasteiger partial charge on any atom is 0.323 e. The number of carbonyl (C=O) groups is 2. The van der Waals surface area contributed by atoms with Gasteiger partial charge in [-0.15, -0.1) is 0 Å². The van der Waals surface area contributed by atoms with Crippen LogP contribution < -0.4 is 15.5 Å². The molecule has 1 saturated heterocycles. The summed E-state index contributed by atoms with van der Waals surface area (Å²) in [5.74, 6) is 0.165. The zero-order valence-electron chi connectivity index (χ0n) is 18.9. The van der Waals surface area contributed by atoms with E-state index in [4.69, 9.17) is 23.2 Å². The van der Waals surface area contributed by atoms with Crippen LogP contribution >= 0.6 is 23.2 Å². The molecule has 6 nitrogen and oxygen atoms in total. The average molecular weight is 497 g/mol. The molecule has 0 saturated carbocycles. The molecule has 1 aliphatic heterocycles. The van der Waals surface area contributed by atoms with E-state index in [1.165, 1.54) is 5.56 Å². The first kappa shape index (κ1) is 23.9. The molecule has 3 amide bonds. The van der Waals surface area contributed by atoms with Crippen molar-refractivity contribution in [3.05, 3.63) is 87.9 Å². The third-order valence-corrected chi connectivity index (χ3v) is 6.48. The first-order chi connectivity index (χ1) is 16.4. The number of carbonyl (C=O) groups excluding carboxylic acids is 2. The molecule has 176 valence electrons. The zero-order valence-corrected chi connectivity index (χ0v) is 20.4. The van der Waals surface area contributed by atoms with Gasteiger partial charge in [-0.05, 0) is 55.0 Å². The van der Waals surface area contributed by atoms with Crippen molar-refractivity contribution in [2.24, 2.45) is 0 Å². The molecule has 0 spiro atoms. The zero-order chi connectivity index (χ0) is 24.1. The number of urea groups is 1. The highest BCUT2D eigenvalue weighted by atomic mass is 35.5. The monoisotopic (exact) mass is 496 g/mol. The molecule has 0 atom stereocenters. The Morgan fingerprint density at radius 2 is 1.50 bits per heavy atom. The van der Waals surface area contributed by atoms with Crippen molar-refractivity contribution in [1.82, 2.24) is 4.90 Å². The number of hydrogen-bond acceptors (Lipinski definition) is 3. The van der Waals surface area contributed by atoms with E-state index >= 15 is 0 Å². The van der Waals surface area contributed by atoms with Gasteiger partial charge in [0.15, 0.2) is 0 Å². The van der Waals surface area contributed by atoms with Gasteiger partial charge in [-0.25, -0.2) is 4.79 Å². The van der Waals surface area contributed by atoms with Crippen molar-refractivity contribution in [3.8, 4) is 0 Å². The van der Waals surface area contributed by atoms with Gasteiger partial charge in [-0.1, -0.05) is 53.0 Å². The van der Waals surface area contributed by atoms with Gasteiger partial charge in [0.05, 0.1) is 16.5 Å². The number of halogens is 2. The summed E-state index contributed by atoms with van der Waals surface area (Å²) in [6, 6.07) is 20.3. The Morgan fingerprint density at radius 1 is 0.824 bits per heavy atom. The first-order valence-electron chi connectivity index (χ1n) is 11.1. The summed E-state index contributed by atoms with van der Waals surface area (Å²) in [6.07, 6.45) is 0.437. The topological polar surface area (TPSA) is 64.7 Å². The van der Waals surface area contributed by atoms with Gasteiger partial charge in [-0.2, -0.15) is 0 Å². The normalized spacial score (nSPS) is 13.5. The second kappa shape index (κ2) is 10.8. The number of hydrogen-bond donors (Lipinski definition) is 2. The Bertz CT molecular complexity index is 1180. The van der Waals surface area contributed by atoms with Crippen molar-refractivity contribution in [2.75, 3.05) is 41.7 Å². The van der Waals surface area contributed by atoms with Crippen molar-refractivity contribution in [3.63, 3.8) is 0 Å². The van der Waals surface area contributed by atoms with Gasteiger partial charge in [0.2, 0.25) is 5.91 Å². The SMILES string of the molecule is Cc1cccc(CC(=O)N2CCN(c3ccc(NC(=O)Nc4ccc(Cl)c(Cl)c4)cc3)CC2)c1. The lowest BCUT2D eigenvalue weighted by Crippen LogP contribution is -2.49. The molecule has 0 aromatic heterocycles. The lowest BCUT2D eigenvalue weighted by molar-refractivity contribution is -0.130. The highest BCUT2D eigenvalue weighted by molar-refractivity contribution is 6.42. The molecule has 1 aliphatic rings. The van der Waals surface area contributed by atoms with Crippen LogP contribution in [-0.2, 0) is 11.2 Å². The number of aryl methyl sites for hydroxylation is 1. The molecule has 2 N–H and O–H groups in total. The molecule has 1 fully saturated rings. The fourth-order valence-electron chi connectivity index (χ4n) is 3.95. The van der Waals surface area contributed by atoms with Crippen molar-refractivity contribution >= 4 is 52.2 Å². The van der Waals surface area contributed by atoms with Crippen molar-refractivity contribution in [2.45, 2.75) is 13.3 Å². The highest BCUT2D eigenvalue weighted by Crippen LogP contribution is 2.25. The molecule has 3 aromatic carbocycles. The summed E-state index contributed by atoms with van der Waals surface area (Å²) in [5.41, 5.74) is 4.51. The minimum Gasteiger partial charge on any atom is -0.368 e. The maximum absolute atomic E-state index is 12.7. The number of amides is 3. The van der Waals surface area contributed by atoms with Crippen LogP contribution in [-0.4, -0.2) is 43.0 Å². The summed E-state index contributed by atoms with van der Waals surface area (Å²) in [6.45, 7) is 4.96. The third kappa shape index (κ3) is 6.22. The molecule has 0 radical (unpaired) electrons. The fourth-order valence-corrected chi connectivity index (χ4v) is 4.24. The van der Waals surface area contributed by atoms with E-state index in [1.54, 1.807) is 18.2 Å². The summed E-state index contributed by atoms with van der Waals surface area (Å²) in [5, 5.41) is 6.34. The van der Waals surface area contributed by atoms with Crippen LogP contribution in [0.4, 0.5) is 21.9 Å². The first-order valence-corrected chi connectivity index (χ1v) is 11.8. The Morgan fingerprint density at radius 3 is 2.18 bits per heavy atom. The number of nitrogens with zero attached hydrogens (tertiary/aromatic N) is 2. The summed E-state index contributed by atoms with van der Waals surface area (Å²) in [7, 11) is 0. The van der Waals surface area contributed by atoms with E-state index in [0.29, 0.717) is 40.9 Å². The van der Waals surface area contributed by atoms with Crippen LogP contribution in [0.1, 0.15) is 11.1 Å². The molecule has 34 heavy (non-hydrogen) atoms. The van der Waals surface area contributed by atoms with Gasteiger partial charge in [0, 0.05) is 43.2 Å². The summed E-state index contributed by atoms with van der Waals surface area (Å²) >= 11 is 11.9. The molecular weight excluding hydrogens is 471 g/mol. The Balaban J connectivity index is 1.26. The standard InChI is InChI=1S/C26H26Cl2N4O2/c1-18-3-2-4-19(15-18)16-25(33)32-13-11-31(12-14-32)22-8-5-20(6-9-22)29-26(34)30-21-7-10-23(27)24(28)17-21/h2-10,15,17H,11-14,16H2,1H3,(H2,29,30,34). The lowest BCUT2D eigenvalue weighted by atomic mass is 10.1. The van der Waals surface area contributed by atoms with Gasteiger partial charge >= 0.3 is 6.03 Å². The number of anilines is 3. The Labute approximate surface area is 209 Å². The maximum atomic E-state index is 12.7. The Kier molecular flexibility index (Phi) is 7.60. The molecule has 8 heteroatoms. The van der Waals surface area contributed by atoms with E-state index in [9.17, 15) is 9.59 Å². The molecular formula is C26H26Cl2N4O2. The molecule has 4 rings (SSSR count). The molecule has 0 aliphatic carbocycles. The third-order valence-electron chi connectivity index (χ3n) is 5.74. The van der Waals surface area contributed by atoms with Crippen LogP contribution in [0.3, 0.4) is 0 Å². The van der Waals surface area contributed by atoms with E-state index in [0.717, 1.165) is 24.3 Å². The fraction of sp³-hybridized carbons (Fsp3) is 0.231. The van der Waals surface area contributed by atoms with E-state index in [2.05, 4.69) is 21.6 Å². The second-order valence-corrected chi connectivity index (χ2v) is 9.10. The number of piperazine rings is 1. The predicted molar refractivity (Wildman–Crippen MR) is 139 cm³/mol. The van der Waals surface area contributed by atoms with Crippen LogP contribution in [0, 0.1) is 6.92 Å². The molecule has 3 aromatic rings. The highest BCUT2D eigenvalue weighted by Gasteiger charge is 2.21. The summed E-state index contributed by atoms with van der Waals surface area (Å²) in [4.78, 5) is 29.1. The number of nitrogens with one attached hydrogen (secondary N) is 2. The predicted octanol–water partition coefficient (Wildman–Crippen LogP) is 5.84. The molecule has 0 unspecified atom stereocenters. The number of benzene rings is 3. The summed E-state index contributed by atoms with van der Waals surface area (Å²) < 4.78 is 0. The molecule has 0 bridgehead atoms. The minimum absolute atomic E-state index is 0.165.